The Hall–Kier alpha value is -0.900. The molecule has 0 aromatic carbocycles. The molecule has 0 radical (unpaired) electrons. The maximum atomic E-state index is 12.3. The van der Waals surface area contributed by atoms with Crippen LogP contribution < -0.4 is 0 Å². The van der Waals surface area contributed by atoms with Crippen LogP contribution in [0.25, 0.3) is 0 Å². The molecule has 17 heavy (non-hydrogen) atoms. The fourth-order valence-corrected chi connectivity index (χ4v) is 2.50. The maximum absolute atomic E-state index is 12.3. The number of aromatic nitrogens is 1. The van der Waals surface area contributed by atoms with Crippen molar-refractivity contribution in [3.8, 4) is 0 Å². The van der Waals surface area contributed by atoms with Gasteiger partial charge in [0.15, 0.2) is 0 Å². The molecule has 1 saturated heterocycles. The van der Waals surface area contributed by atoms with Gasteiger partial charge in [0.1, 0.15) is 0 Å². The Labute approximate surface area is 110 Å². The van der Waals surface area contributed by atoms with E-state index in [-0.39, 0.29) is 11.9 Å². The van der Waals surface area contributed by atoms with E-state index in [9.17, 15) is 4.79 Å². The Morgan fingerprint density at radius 1 is 1.59 bits per heavy atom. The van der Waals surface area contributed by atoms with Crippen molar-refractivity contribution in [1.29, 1.82) is 0 Å². The topological polar surface area (TPSA) is 33.2 Å². The van der Waals surface area contributed by atoms with E-state index >= 15 is 0 Å². The summed E-state index contributed by atoms with van der Waals surface area (Å²) in [4.78, 5) is 18.4. The van der Waals surface area contributed by atoms with Crippen molar-refractivity contribution in [2.45, 2.75) is 37.1 Å². The zero-order valence-electron chi connectivity index (χ0n) is 10.2. The summed E-state index contributed by atoms with van der Waals surface area (Å²) < 4.78 is -0.488. The van der Waals surface area contributed by atoms with Gasteiger partial charge in [-0.3, -0.25) is 9.78 Å². The van der Waals surface area contributed by atoms with E-state index in [4.69, 9.17) is 0 Å². The van der Waals surface area contributed by atoms with Crippen LogP contribution >= 0.6 is 15.9 Å². The van der Waals surface area contributed by atoms with Crippen LogP contribution in [0.3, 0.4) is 0 Å². The van der Waals surface area contributed by atoms with Crippen molar-refractivity contribution >= 4 is 21.8 Å². The lowest BCUT2D eigenvalue weighted by Crippen LogP contribution is -2.41. The third-order valence-corrected chi connectivity index (χ3v) is 3.43. The Bertz CT molecular complexity index is 400. The molecule has 1 aromatic rings. The predicted octanol–water partition coefficient (Wildman–Crippen LogP) is 2.92. The minimum Gasteiger partial charge on any atom is -0.334 e. The van der Waals surface area contributed by atoms with E-state index < -0.39 is 4.32 Å². The SMILES string of the molecule is CC(C)(Br)C(=O)N1CCCC1c1cccnc1. The Balaban J connectivity index is 2.22. The molecule has 0 saturated carbocycles. The van der Waals surface area contributed by atoms with E-state index in [0.29, 0.717) is 0 Å². The summed E-state index contributed by atoms with van der Waals surface area (Å²) in [5.41, 5.74) is 1.13. The van der Waals surface area contributed by atoms with E-state index in [1.807, 2.05) is 37.1 Å². The largest absolute Gasteiger partial charge is 0.334 e. The molecule has 1 aliphatic heterocycles. The lowest BCUT2D eigenvalue weighted by molar-refractivity contribution is -0.133. The molecule has 0 bridgehead atoms. The van der Waals surface area contributed by atoms with Crippen LogP contribution in [0, 0.1) is 0 Å². The van der Waals surface area contributed by atoms with Gasteiger partial charge < -0.3 is 4.90 Å². The second-order valence-corrected chi connectivity index (χ2v) is 6.90. The Morgan fingerprint density at radius 3 is 2.94 bits per heavy atom. The molecule has 1 unspecified atom stereocenters. The fraction of sp³-hybridized carbons (Fsp3) is 0.538. The Morgan fingerprint density at radius 2 is 2.35 bits per heavy atom. The number of amides is 1. The molecule has 2 rings (SSSR count). The highest BCUT2D eigenvalue weighted by molar-refractivity contribution is 9.10. The van der Waals surface area contributed by atoms with Crippen LogP contribution in [0.15, 0.2) is 24.5 Å². The molecular formula is C13H17BrN2O. The third kappa shape index (κ3) is 2.68. The van der Waals surface area contributed by atoms with Crippen molar-refractivity contribution in [3.05, 3.63) is 30.1 Å². The number of pyridine rings is 1. The highest BCUT2D eigenvalue weighted by Gasteiger charge is 2.36. The minimum atomic E-state index is -0.488. The molecule has 1 atom stereocenters. The molecule has 1 aliphatic rings. The molecule has 0 N–H and O–H groups in total. The fourth-order valence-electron chi connectivity index (χ4n) is 2.27. The zero-order chi connectivity index (χ0) is 12.5. The van der Waals surface area contributed by atoms with Gasteiger partial charge in [-0.1, -0.05) is 22.0 Å². The number of rotatable bonds is 2. The number of halogens is 1. The number of hydrogen-bond donors (Lipinski definition) is 0. The normalized spacial score (nSPS) is 20.6. The summed E-state index contributed by atoms with van der Waals surface area (Å²) in [5.74, 6) is 0.156. The van der Waals surface area contributed by atoms with Gasteiger partial charge in [0.25, 0.3) is 0 Å². The molecule has 1 aromatic heterocycles. The van der Waals surface area contributed by atoms with Crippen LogP contribution in [0.2, 0.25) is 0 Å². The van der Waals surface area contributed by atoms with Gasteiger partial charge in [0.2, 0.25) is 5.91 Å². The number of nitrogens with zero attached hydrogens (tertiary/aromatic N) is 2. The van der Waals surface area contributed by atoms with Crippen molar-refractivity contribution < 1.29 is 4.79 Å². The molecule has 92 valence electrons. The quantitative estimate of drug-likeness (QED) is 0.786. The highest BCUT2D eigenvalue weighted by Crippen LogP contribution is 2.34. The third-order valence-electron chi connectivity index (χ3n) is 3.09. The second kappa shape index (κ2) is 4.77. The van der Waals surface area contributed by atoms with Crippen LogP contribution in [-0.2, 0) is 4.79 Å². The van der Waals surface area contributed by atoms with Gasteiger partial charge in [0.05, 0.1) is 10.4 Å². The lowest BCUT2D eigenvalue weighted by atomic mass is 10.1. The van der Waals surface area contributed by atoms with Crippen LogP contribution in [0.4, 0.5) is 0 Å². The first-order valence-electron chi connectivity index (χ1n) is 5.90. The van der Waals surface area contributed by atoms with Crippen LogP contribution in [-0.4, -0.2) is 26.7 Å². The monoisotopic (exact) mass is 296 g/mol. The number of carbonyl (C=O) groups is 1. The van der Waals surface area contributed by atoms with Gasteiger partial charge in [-0.15, -0.1) is 0 Å². The molecular weight excluding hydrogens is 280 g/mol. The minimum absolute atomic E-state index is 0.156. The summed E-state index contributed by atoms with van der Waals surface area (Å²) in [6.07, 6.45) is 5.71. The standard InChI is InChI=1S/C13H17BrN2O/c1-13(2,14)12(17)16-8-4-6-11(16)10-5-3-7-15-9-10/h3,5,7,9,11H,4,6,8H2,1-2H3. The average Bonchev–Trinajstić information content (AvgIpc) is 2.76. The van der Waals surface area contributed by atoms with Crippen molar-refractivity contribution in [3.63, 3.8) is 0 Å². The lowest BCUT2D eigenvalue weighted by Gasteiger charge is -2.30. The number of likely N-dealkylation sites (tertiary alicyclic amines) is 1. The van der Waals surface area contributed by atoms with Crippen molar-refractivity contribution in [1.82, 2.24) is 9.88 Å². The van der Waals surface area contributed by atoms with Crippen LogP contribution in [0.5, 0.6) is 0 Å². The molecule has 1 amide bonds. The van der Waals surface area contributed by atoms with Gasteiger partial charge in [-0.05, 0) is 38.3 Å². The van der Waals surface area contributed by atoms with E-state index in [1.165, 1.54) is 0 Å². The van der Waals surface area contributed by atoms with Gasteiger partial charge >= 0.3 is 0 Å². The second-order valence-electron chi connectivity index (χ2n) is 4.92. The maximum Gasteiger partial charge on any atom is 0.239 e. The zero-order valence-corrected chi connectivity index (χ0v) is 11.8. The molecule has 0 aliphatic carbocycles. The Kier molecular flexibility index (Phi) is 3.52. The molecule has 4 heteroatoms. The average molecular weight is 297 g/mol. The van der Waals surface area contributed by atoms with Gasteiger partial charge in [-0.25, -0.2) is 0 Å². The molecule has 2 heterocycles. The number of hydrogen-bond acceptors (Lipinski definition) is 2. The van der Waals surface area contributed by atoms with Crippen LogP contribution in [0.1, 0.15) is 38.3 Å². The summed E-state index contributed by atoms with van der Waals surface area (Å²) in [6.45, 7) is 4.63. The first kappa shape index (κ1) is 12.6. The summed E-state index contributed by atoms with van der Waals surface area (Å²) in [5, 5.41) is 0. The van der Waals surface area contributed by atoms with Crippen molar-refractivity contribution in [2.75, 3.05) is 6.54 Å². The molecule has 0 spiro atoms. The number of carbonyl (C=O) groups excluding carboxylic acids is 1. The van der Waals surface area contributed by atoms with E-state index in [1.54, 1.807) is 6.20 Å². The summed E-state index contributed by atoms with van der Waals surface area (Å²) in [7, 11) is 0. The van der Waals surface area contributed by atoms with Gasteiger partial charge in [-0.2, -0.15) is 0 Å². The van der Waals surface area contributed by atoms with E-state index in [2.05, 4.69) is 20.9 Å². The van der Waals surface area contributed by atoms with Gasteiger partial charge in [0, 0.05) is 18.9 Å². The predicted molar refractivity (Wildman–Crippen MR) is 70.9 cm³/mol. The van der Waals surface area contributed by atoms with E-state index in [0.717, 1.165) is 24.9 Å². The summed E-state index contributed by atoms with van der Waals surface area (Å²) >= 11 is 3.45. The summed E-state index contributed by atoms with van der Waals surface area (Å²) in [6, 6.07) is 4.16. The molecule has 3 nitrogen and oxygen atoms in total. The van der Waals surface area contributed by atoms with Crippen molar-refractivity contribution in [2.24, 2.45) is 0 Å². The first-order chi connectivity index (χ1) is 8.00. The smallest absolute Gasteiger partial charge is 0.239 e. The molecule has 1 fully saturated rings. The highest BCUT2D eigenvalue weighted by atomic mass is 79.9. The number of alkyl halides is 1. The first-order valence-corrected chi connectivity index (χ1v) is 6.69.